The Kier molecular flexibility index (Phi) is 56.4. The van der Waals surface area contributed by atoms with E-state index in [0.29, 0.717) is 39.3 Å². The summed E-state index contributed by atoms with van der Waals surface area (Å²) in [5.41, 5.74) is 29.4. The van der Waals surface area contributed by atoms with Crippen LogP contribution in [0.4, 0.5) is 12.9 Å². The van der Waals surface area contributed by atoms with Crippen LogP contribution < -0.4 is 34.4 Å². The minimum Gasteiger partial charge on any atom is -0.329 e. The van der Waals surface area contributed by atoms with Gasteiger partial charge in [0, 0.05) is 39.3 Å². The van der Waals surface area contributed by atoms with Gasteiger partial charge < -0.3 is 34.4 Å². The molecule has 0 heterocycles. The van der Waals surface area contributed by atoms with E-state index in [2.05, 4.69) is 0 Å². The molecule has 0 aliphatic rings. The van der Waals surface area contributed by atoms with Gasteiger partial charge in [0.25, 0.3) is 0 Å². The molecular formula is C6H24BF3N6. The molecule has 102 valence electrons. The monoisotopic (exact) mass is 248 g/mol. The summed E-state index contributed by atoms with van der Waals surface area (Å²) < 4.78 is 29.0. The highest BCUT2D eigenvalue weighted by Gasteiger charge is 2.06. The molecule has 0 saturated carbocycles. The second-order valence-electron chi connectivity index (χ2n) is 1.98. The molecule has 0 atom stereocenters. The third kappa shape index (κ3) is 317. The summed E-state index contributed by atoms with van der Waals surface area (Å²) in [5, 5.41) is 0. The zero-order chi connectivity index (χ0) is 13.8. The summed E-state index contributed by atoms with van der Waals surface area (Å²) in [7, 11) is -3.67. The molecule has 0 aromatic heterocycles. The van der Waals surface area contributed by atoms with E-state index in [1.165, 1.54) is 0 Å². The second-order valence-corrected chi connectivity index (χ2v) is 1.98. The number of nitrogens with two attached hydrogens (primary N) is 6. The van der Waals surface area contributed by atoms with Gasteiger partial charge in [-0.15, -0.1) is 0 Å². The Balaban J connectivity index is -0.0000000600. The number of halogens is 3. The highest BCUT2D eigenvalue weighted by atomic mass is 19.4. The average Bonchev–Trinajstić information content (AvgIpc) is 2.28. The summed E-state index contributed by atoms with van der Waals surface area (Å²) in [4.78, 5) is 0. The summed E-state index contributed by atoms with van der Waals surface area (Å²) in [6, 6.07) is 0. The predicted molar refractivity (Wildman–Crippen MR) is 63.4 cm³/mol. The van der Waals surface area contributed by atoms with Crippen molar-refractivity contribution >= 4 is 7.54 Å². The minimum atomic E-state index is -3.67. The molecule has 0 aromatic rings. The smallest absolute Gasteiger partial charge is 0.329 e. The van der Waals surface area contributed by atoms with E-state index >= 15 is 0 Å². The maximum Gasteiger partial charge on any atom is 0.762 e. The van der Waals surface area contributed by atoms with Crippen LogP contribution in [0.5, 0.6) is 0 Å². The van der Waals surface area contributed by atoms with Gasteiger partial charge in [-0.1, -0.05) is 0 Å². The van der Waals surface area contributed by atoms with Crippen LogP contribution in [0.2, 0.25) is 0 Å². The number of hydrogen-bond acceptors (Lipinski definition) is 6. The number of hydrogen-bond donors (Lipinski definition) is 6. The lowest BCUT2D eigenvalue weighted by molar-refractivity contribution is 0.535. The second kappa shape index (κ2) is 36.5. The van der Waals surface area contributed by atoms with Crippen LogP contribution in [-0.4, -0.2) is 46.8 Å². The lowest BCUT2D eigenvalue weighted by atomic mass is 10.5. The fourth-order valence-corrected chi connectivity index (χ4v) is 0. The van der Waals surface area contributed by atoms with Gasteiger partial charge in [0.15, 0.2) is 0 Å². The van der Waals surface area contributed by atoms with Gasteiger partial charge in [0.05, 0.1) is 0 Å². The summed E-state index contributed by atoms with van der Waals surface area (Å²) in [5.74, 6) is 0. The molecule has 16 heavy (non-hydrogen) atoms. The van der Waals surface area contributed by atoms with Crippen molar-refractivity contribution in [1.82, 2.24) is 0 Å². The quantitative estimate of drug-likeness (QED) is 0.305. The summed E-state index contributed by atoms with van der Waals surface area (Å²) >= 11 is 0. The van der Waals surface area contributed by atoms with Gasteiger partial charge in [-0.05, 0) is 0 Å². The molecule has 0 spiro atoms. The van der Waals surface area contributed by atoms with Gasteiger partial charge >= 0.3 is 7.54 Å². The molecule has 0 rings (SSSR count). The Morgan fingerprint density at radius 3 is 0.562 bits per heavy atom. The fraction of sp³-hybridized carbons (Fsp3) is 1.00. The normalized spacial score (nSPS) is 7.31. The van der Waals surface area contributed by atoms with E-state index in [-0.39, 0.29) is 0 Å². The summed E-state index contributed by atoms with van der Waals surface area (Å²) in [6.45, 7) is 3.58. The van der Waals surface area contributed by atoms with Gasteiger partial charge in [0.1, 0.15) is 0 Å². The van der Waals surface area contributed by atoms with Crippen LogP contribution in [-0.2, 0) is 0 Å². The van der Waals surface area contributed by atoms with Crippen molar-refractivity contribution in [1.29, 1.82) is 0 Å². The molecule has 0 bridgehead atoms. The van der Waals surface area contributed by atoms with Crippen LogP contribution >= 0.6 is 0 Å². The summed E-state index contributed by atoms with van der Waals surface area (Å²) in [6.07, 6.45) is 0. The van der Waals surface area contributed by atoms with Crippen molar-refractivity contribution in [2.24, 2.45) is 34.4 Å². The van der Waals surface area contributed by atoms with E-state index in [1.54, 1.807) is 0 Å². The Morgan fingerprint density at radius 2 is 0.562 bits per heavy atom. The Bertz CT molecular complexity index is 65.0. The van der Waals surface area contributed by atoms with Crippen molar-refractivity contribution in [3.05, 3.63) is 0 Å². The van der Waals surface area contributed by atoms with Crippen LogP contribution in [0.1, 0.15) is 0 Å². The van der Waals surface area contributed by atoms with Crippen molar-refractivity contribution in [3.63, 3.8) is 0 Å². The largest absolute Gasteiger partial charge is 0.762 e. The van der Waals surface area contributed by atoms with Crippen LogP contribution in [0.3, 0.4) is 0 Å². The molecule has 0 fully saturated rings. The van der Waals surface area contributed by atoms with Gasteiger partial charge in [-0.3, -0.25) is 12.9 Å². The molecule has 0 unspecified atom stereocenters. The van der Waals surface area contributed by atoms with E-state index in [1.807, 2.05) is 0 Å². The van der Waals surface area contributed by atoms with Crippen molar-refractivity contribution in [3.8, 4) is 0 Å². The Labute approximate surface area is 95.1 Å². The Hall–Kier alpha value is -0.385. The molecule has 0 amide bonds. The van der Waals surface area contributed by atoms with E-state index < -0.39 is 7.54 Å². The van der Waals surface area contributed by atoms with Gasteiger partial charge in [-0.2, -0.15) is 0 Å². The first-order valence-electron chi connectivity index (χ1n) is 4.60. The van der Waals surface area contributed by atoms with Crippen LogP contribution in [0, 0.1) is 0 Å². The molecule has 0 aliphatic carbocycles. The average molecular weight is 248 g/mol. The zero-order valence-corrected chi connectivity index (χ0v) is 9.42. The fourth-order valence-electron chi connectivity index (χ4n) is 0. The SMILES string of the molecule is FB(F)F.NCCN.NCCN.NCCN. The molecule has 10 heteroatoms. The highest BCUT2D eigenvalue weighted by molar-refractivity contribution is 6.33. The highest BCUT2D eigenvalue weighted by Crippen LogP contribution is 1.80. The molecule has 0 saturated heterocycles. The molecule has 6 nitrogen and oxygen atoms in total. The first kappa shape index (κ1) is 24.7. The molecule has 12 N–H and O–H groups in total. The molecule has 0 radical (unpaired) electrons. The van der Waals surface area contributed by atoms with Crippen molar-refractivity contribution in [2.75, 3.05) is 39.3 Å². The maximum absolute atomic E-state index is 9.67. The predicted octanol–water partition coefficient (Wildman–Crippen LogP) is -2.41. The zero-order valence-electron chi connectivity index (χ0n) is 9.42. The van der Waals surface area contributed by atoms with Crippen molar-refractivity contribution < 1.29 is 12.9 Å². The maximum atomic E-state index is 9.67. The third-order valence-corrected chi connectivity index (χ3v) is 0.500. The van der Waals surface area contributed by atoms with E-state index in [0.717, 1.165) is 0 Å². The van der Waals surface area contributed by atoms with Gasteiger partial charge in [-0.25, -0.2) is 0 Å². The molecular weight excluding hydrogens is 224 g/mol. The first-order valence-corrected chi connectivity index (χ1v) is 4.60. The van der Waals surface area contributed by atoms with Crippen molar-refractivity contribution in [2.45, 2.75) is 0 Å². The van der Waals surface area contributed by atoms with E-state index in [4.69, 9.17) is 34.4 Å². The topological polar surface area (TPSA) is 156 Å². The first-order chi connectivity index (χ1) is 7.47. The lowest BCUT2D eigenvalue weighted by Crippen LogP contribution is -2.11. The standard InChI is InChI=1S/3C2H8N2.BF3/c3*3-1-2-4;2-1(3)4/h3*1-4H2;. The Morgan fingerprint density at radius 1 is 0.500 bits per heavy atom. The third-order valence-electron chi connectivity index (χ3n) is 0.500. The molecule has 0 aliphatic heterocycles. The van der Waals surface area contributed by atoms with Crippen LogP contribution in [0.15, 0.2) is 0 Å². The van der Waals surface area contributed by atoms with Crippen LogP contribution in [0.25, 0.3) is 0 Å². The minimum absolute atomic E-state index is 0.597. The van der Waals surface area contributed by atoms with Gasteiger partial charge in [0.2, 0.25) is 0 Å². The molecule has 0 aromatic carbocycles. The number of rotatable bonds is 3. The lowest BCUT2D eigenvalue weighted by Gasteiger charge is -1.72. The van der Waals surface area contributed by atoms with E-state index in [9.17, 15) is 12.9 Å².